The topological polar surface area (TPSA) is 57.7 Å². The van der Waals surface area contributed by atoms with E-state index in [4.69, 9.17) is 11.6 Å². The summed E-state index contributed by atoms with van der Waals surface area (Å²) in [6, 6.07) is 12.0. The van der Waals surface area contributed by atoms with Gasteiger partial charge in [0.1, 0.15) is 5.82 Å². The number of halogens is 2. The molecule has 0 spiro atoms. The van der Waals surface area contributed by atoms with Crippen molar-refractivity contribution in [2.75, 3.05) is 26.2 Å². The molecule has 142 valence electrons. The van der Waals surface area contributed by atoms with Gasteiger partial charge in [0.05, 0.1) is 4.90 Å². The fourth-order valence-corrected chi connectivity index (χ4v) is 4.53. The summed E-state index contributed by atoms with van der Waals surface area (Å²) in [6.45, 7) is 0.973. The minimum absolute atomic E-state index is 0.140. The maximum absolute atomic E-state index is 13.2. The molecule has 5 nitrogen and oxygen atoms in total. The number of hydrogen-bond acceptors (Lipinski definition) is 3. The van der Waals surface area contributed by atoms with Gasteiger partial charge in [-0.15, -0.1) is 0 Å². The molecule has 1 fully saturated rings. The Kier molecular flexibility index (Phi) is 5.94. The first-order chi connectivity index (χ1) is 12.9. The number of amides is 1. The Morgan fingerprint density at radius 1 is 1.04 bits per heavy atom. The number of sulfonamides is 1. The third kappa shape index (κ3) is 4.74. The van der Waals surface area contributed by atoms with Crippen LogP contribution in [0.25, 0.3) is 6.08 Å². The summed E-state index contributed by atoms with van der Waals surface area (Å²) in [7, 11) is -3.64. The smallest absolute Gasteiger partial charge is 0.246 e. The minimum Gasteiger partial charge on any atom is -0.337 e. The van der Waals surface area contributed by atoms with Crippen molar-refractivity contribution in [2.45, 2.75) is 4.90 Å². The van der Waals surface area contributed by atoms with Gasteiger partial charge in [-0.3, -0.25) is 4.79 Å². The first-order valence-electron chi connectivity index (χ1n) is 8.34. The van der Waals surface area contributed by atoms with Crippen LogP contribution in [0.4, 0.5) is 4.39 Å². The summed E-state index contributed by atoms with van der Waals surface area (Å²) in [5, 5.41) is 0.354. The molecule has 1 amide bonds. The zero-order chi connectivity index (χ0) is 19.4. The fourth-order valence-electron chi connectivity index (χ4n) is 2.81. The van der Waals surface area contributed by atoms with E-state index in [2.05, 4.69) is 0 Å². The third-order valence-electron chi connectivity index (χ3n) is 4.25. The molecule has 3 rings (SSSR count). The van der Waals surface area contributed by atoms with Gasteiger partial charge in [-0.25, -0.2) is 12.8 Å². The Labute approximate surface area is 162 Å². The largest absolute Gasteiger partial charge is 0.337 e. The molecule has 2 aromatic carbocycles. The average Bonchev–Trinajstić information content (AvgIpc) is 2.66. The first-order valence-corrected chi connectivity index (χ1v) is 10.2. The van der Waals surface area contributed by atoms with Crippen molar-refractivity contribution in [1.82, 2.24) is 9.21 Å². The second-order valence-electron chi connectivity index (χ2n) is 6.08. The Morgan fingerprint density at radius 3 is 2.41 bits per heavy atom. The summed E-state index contributed by atoms with van der Waals surface area (Å²) in [4.78, 5) is 14.0. The number of rotatable bonds is 4. The Morgan fingerprint density at radius 2 is 1.74 bits per heavy atom. The number of carbonyl (C=O) groups is 1. The van der Waals surface area contributed by atoms with Crippen LogP contribution in [0.5, 0.6) is 0 Å². The van der Waals surface area contributed by atoms with Crippen molar-refractivity contribution in [2.24, 2.45) is 0 Å². The number of piperazine rings is 1. The molecule has 0 aromatic heterocycles. The van der Waals surface area contributed by atoms with E-state index in [1.807, 2.05) is 0 Å². The van der Waals surface area contributed by atoms with Crippen LogP contribution in [-0.2, 0) is 14.8 Å². The second-order valence-corrected chi connectivity index (χ2v) is 8.45. The summed E-state index contributed by atoms with van der Waals surface area (Å²) in [6.07, 6.45) is 2.91. The molecule has 1 heterocycles. The SMILES string of the molecule is O=C(C=Cc1cccc(F)c1)N1CCN(S(=O)(=O)c2cccc(Cl)c2)CC1. The lowest BCUT2D eigenvalue weighted by Gasteiger charge is -2.33. The molecule has 0 atom stereocenters. The standard InChI is InChI=1S/C19H18ClFN2O3S/c20-16-4-2-6-18(14-16)27(25,26)23-11-9-22(10-12-23)19(24)8-7-15-3-1-5-17(21)13-15/h1-8,13-14H,9-12H2. The van der Waals surface area contributed by atoms with Crippen LogP contribution < -0.4 is 0 Å². The quantitative estimate of drug-likeness (QED) is 0.731. The fraction of sp³-hybridized carbons (Fsp3) is 0.211. The van der Waals surface area contributed by atoms with Crippen LogP contribution in [0, 0.1) is 5.82 Å². The number of hydrogen-bond donors (Lipinski definition) is 0. The molecule has 0 saturated carbocycles. The first kappa shape index (κ1) is 19.5. The van der Waals surface area contributed by atoms with E-state index in [0.29, 0.717) is 10.6 Å². The van der Waals surface area contributed by atoms with Crippen LogP contribution in [0.2, 0.25) is 5.02 Å². The molecule has 0 aliphatic carbocycles. The highest BCUT2D eigenvalue weighted by Crippen LogP contribution is 2.21. The van der Waals surface area contributed by atoms with Crippen molar-refractivity contribution >= 4 is 33.6 Å². The predicted molar refractivity (Wildman–Crippen MR) is 102 cm³/mol. The normalized spacial score (nSPS) is 16.0. The van der Waals surface area contributed by atoms with Crippen LogP contribution in [0.15, 0.2) is 59.5 Å². The van der Waals surface area contributed by atoms with E-state index in [9.17, 15) is 17.6 Å². The lowest BCUT2D eigenvalue weighted by molar-refractivity contribution is -0.127. The number of benzene rings is 2. The van der Waals surface area contributed by atoms with Gasteiger partial charge in [0.2, 0.25) is 15.9 Å². The van der Waals surface area contributed by atoms with E-state index in [-0.39, 0.29) is 42.8 Å². The van der Waals surface area contributed by atoms with Crippen molar-refractivity contribution in [3.8, 4) is 0 Å². The molecule has 0 radical (unpaired) electrons. The molecular formula is C19H18ClFN2O3S. The van der Waals surface area contributed by atoms with Crippen molar-refractivity contribution < 1.29 is 17.6 Å². The summed E-state index contributed by atoms with van der Waals surface area (Å²) < 4.78 is 39.9. The monoisotopic (exact) mass is 408 g/mol. The molecule has 1 aliphatic rings. The molecule has 8 heteroatoms. The van der Waals surface area contributed by atoms with Gasteiger partial charge in [0.25, 0.3) is 0 Å². The summed E-state index contributed by atoms with van der Waals surface area (Å²) in [5.41, 5.74) is 0.588. The van der Waals surface area contributed by atoms with E-state index in [0.717, 1.165) is 0 Å². The van der Waals surface area contributed by atoms with Crippen molar-refractivity contribution in [3.05, 3.63) is 71.0 Å². The Balaban J connectivity index is 1.62. The van der Waals surface area contributed by atoms with Crippen LogP contribution >= 0.6 is 11.6 Å². The predicted octanol–water partition coefficient (Wildman–Crippen LogP) is 3.03. The van der Waals surface area contributed by atoms with E-state index >= 15 is 0 Å². The molecular weight excluding hydrogens is 391 g/mol. The highest BCUT2D eigenvalue weighted by Gasteiger charge is 2.29. The molecule has 1 aliphatic heterocycles. The maximum Gasteiger partial charge on any atom is 0.246 e. The van der Waals surface area contributed by atoms with Gasteiger partial charge < -0.3 is 4.90 Å². The molecule has 0 bridgehead atoms. The minimum atomic E-state index is -3.64. The molecule has 1 saturated heterocycles. The van der Waals surface area contributed by atoms with Gasteiger partial charge in [-0.2, -0.15) is 4.31 Å². The zero-order valence-electron chi connectivity index (χ0n) is 14.4. The molecule has 27 heavy (non-hydrogen) atoms. The van der Waals surface area contributed by atoms with E-state index in [1.165, 1.54) is 34.6 Å². The Bertz CT molecular complexity index is 970. The van der Waals surface area contributed by atoms with Gasteiger partial charge in [0, 0.05) is 37.3 Å². The van der Waals surface area contributed by atoms with Crippen LogP contribution in [0.3, 0.4) is 0 Å². The maximum atomic E-state index is 13.2. The van der Waals surface area contributed by atoms with Gasteiger partial charge in [0.15, 0.2) is 0 Å². The van der Waals surface area contributed by atoms with Gasteiger partial charge in [-0.1, -0.05) is 29.8 Å². The van der Waals surface area contributed by atoms with Crippen molar-refractivity contribution in [1.29, 1.82) is 0 Å². The second kappa shape index (κ2) is 8.21. The van der Waals surface area contributed by atoms with Crippen molar-refractivity contribution in [3.63, 3.8) is 0 Å². The summed E-state index contributed by atoms with van der Waals surface area (Å²) >= 11 is 5.88. The van der Waals surface area contributed by atoms with Crippen LogP contribution in [0.1, 0.15) is 5.56 Å². The highest BCUT2D eigenvalue weighted by atomic mass is 35.5. The number of nitrogens with zero attached hydrogens (tertiary/aromatic N) is 2. The third-order valence-corrected chi connectivity index (χ3v) is 6.38. The summed E-state index contributed by atoms with van der Waals surface area (Å²) in [5.74, 6) is -0.608. The molecule has 2 aromatic rings. The molecule has 0 unspecified atom stereocenters. The zero-order valence-corrected chi connectivity index (χ0v) is 16.0. The lowest BCUT2D eigenvalue weighted by Crippen LogP contribution is -2.50. The highest BCUT2D eigenvalue weighted by molar-refractivity contribution is 7.89. The molecule has 0 N–H and O–H groups in total. The van der Waals surface area contributed by atoms with Gasteiger partial charge in [-0.05, 0) is 42.0 Å². The van der Waals surface area contributed by atoms with Crippen LogP contribution in [-0.4, -0.2) is 49.7 Å². The van der Waals surface area contributed by atoms with E-state index < -0.39 is 10.0 Å². The van der Waals surface area contributed by atoms with E-state index in [1.54, 1.807) is 35.2 Å². The Hall–Kier alpha value is -2.22. The average molecular weight is 409 g/mol. The lowest BCUT2D eigenvalue weighted by atomic mass is 10.2. The van der Waals surface area contributed by atoms with Gasteiger partial charge >= 0.3 is 0 Å². The number of carbonyl (C=O) groups excluding carboxylic acids is 1.